The number of nitrogens with one attached hydrogen (secondary N) is 2. The van der Waals surface area contributed by atoms with Crippen molar-refractivity contribution >= 4 is 11.4 Å². The van der Waals surface area contributed by atoms with Gasteiger partial charge in [0.05, 0.1) is 19.8 Å². The van der Waals surface area contributed by atoms with Crippen molar-refractivity contribution in [2.24, 2.45) is 17.6 Å². The summed E-state index contributed by atoms with van der Waals surface area (Å²) in [6, 6.07) is 5.53. The van der Waals surface area contributed by atoms with Gasteiger partial charge in [0.2, 0.25) is 0 Å². The number of methoxy groups -OCH3 is 2. The number of hydrogen-bond donors (Lipinski definition) is 4. The van der Waals surface area contributed by atoms with Gasteiger partial charge in [-0.25, -0.2) is 0 Å². The number of aliphatic hydroxyl groups is 1. The fraction of sp³-hybridized carbons (Fsp3) is 0.667. The van der Waals surface area contributed by atoms with Gasteiger partial charge in [0, 0.05) is 38.8 Å². The SMILES string of the molecule is CCCCC(C)Nc1c(NC[C@H](O)[C@@H](N)C[C@H](Cc2ccc(OC)c(OCCCOC)c2)C(C)C)c(=O)c1=O. The van der Waals surface area contributed by atoms with Gasteiger partial charge in [-0.2, -0.15) is 0 Å². The first-order valence-corrected chi connectivity index (χ1v) is 14.2. The highest BCUT2D eigenvalue weighted by Crippen LogP contribution is 2.31. The number of hydrogen-bond acceptors (Lipinski definition) is 9. The van der Waals surface area contributed by atoms with Gasteiger partial charge >= 0.3 is 0 Å². The molecule has 2 aromatic rings. The molecule has 0 aliphatic heterocycles. The maximum atomic E-state index is 12.1. The molecule has 0 fully saturated rings. The molecule has 4 atom stereocenters. The van der Waals surface area contributed by atoms with Crippen LogP contribution in [0.2, 0.25) is 0 Å². The summed E-state index contributed by atoms with van der Waals surface area (Å²) in [4.78, 5) is 24.2. The van der Waals surface area contributed by atoms with E-state index >= 15 is 0 Å². The molecular formula is C30H49N3O6. The molecule has 0 amide bonds. The largest absolute Gasteiger partial charge is 0.493 e. The number of ether oxygens (including phenoxy) is 3. The van der Waals surface area contributed by atoms with E-state index in [2.05, 4.69) is 31.4 Å². The van der Waals surface area contributed by atoms with Crippen molar-refractivity contribution in [3.63, 3.8) is 0 Å². The summed E-state index contributed by atoms with van der Waals surface area (Å²) in [6.07, 6.45) is 4.28. The lowest BCUT2D eigenvalue weighted by molar-refractivity contribution is 0.137. The van der Waals surface area contributed by atoms with E-state index < -0.39 is 23.0 Å². The first-order chi connectivity index (χ1) is 18.6. The van der Waals surface area contributed by atoms with Crippen LogP contribution in [0.5, 0.6) is 11.5 Å². The Kier molecular flexibility index (Phi) is 13.8. The fourth-order valence-electron chi connectivity index (χ4n) is 4.63. The third-order valence-corrected chi connectivity index (χ3v) is 7.27. The van der Waals surface area contributed by atoms with E-state index in [0.717, 1.165) is 37.7 Å². The zero-order valence-electron chi connectivity index (χ0n) is 24.5. The van der Waals surface area contributed by atoms with Crippen LogP contribution in [0.25, 0.3) is 0 Å². The molecule has 5 N–H and O–H groups in total. The van der Waals surface area contributed by atoms with Gasteiger partial charge in [0.15, 0.2) is 11.5 Å². The Labute approximate surface area is 233 Å². The van der Waals surface area contributed by atoms with Crippen LogP contribution in [0.4, 0.5) is 11.4 Å². The molecule has 2 aromatic carbocycles. The van der Waals surface area contributed by atoms with Crippen molar-refractivity contribution in [1.29, 1.82) is 0 Å². The first-order valence-electron chi connectivity index (χ1n) is 14.2. The predicted molar refractivity (Wildman–Crippen MR) is 158 cm³/mol. The van der Waals surface area contributed by atoms with Crippen LogP contribution in [0.15, 0.2) is 27.8 Å². The van der Waals surface area contributed by atoms with Crippen molar-refractivity contribution in [1.82, 2.24) is 0 Å². The maximum Gasteiger partial charge on any atom is 0.253 e. The normalized spacial score (nSPS) is 14.7. The van der Waals surface area contributed by atoms with E-state index in [1.54, 1.807) is 14.2 Å². The van der Waals surface area contributed by atoms with Gasteiger partial charge in [-0.1, -0.05) is 39.7 Å². The molecule has 0 aromatic heterocycles. The van der Waals surface area contributed by atoms with Gasteiger partial charge in [-0.15, -0.1) is 0 Å². The topological polar surface area (TPSA) is 132 Å². The van der Waals surface area contributed by atoms with Crippen LogP contribution in [0.1, 0.15) is 65.4 Å². The van der Waals surface area contributed by atoms with Crippen molar-refractivity contribution in [3.8, 4) is 11.5 Å². The second-order valence-electron chi connectivity index (χ2n) is 10.8. The highest BCUT2D eigenvalue weighted by atomic mass is 16.5. The summed E-state index contributed by atoms with van der Waals surface area (Å²) in [5.41, 5.74) is 7.02. The van der Waals surface area contributed by atoms with E-state index in [1.807, 2.05) is 25.1 Å². The lowest BCUT2D eigenvalue weighted by Gasteiger charge is -2.28. The first kappa shape index (κ1) is 32.6. The minimum Gasteiger partial charge on any atom is -0.493 e. The van der Waals surface area contributed by atoms with E-state index in [4.69, 9.17) is 19.9 Å². The average molecular weight is 548 g/mol. The fourth-order valence-corrected chi connectivity index (χ4v) is 4.63. The Morgan fingerprint density at radius 3 is 2.36 bits per heavy atom. The summed E-state index contributed by atoms with van der Waals surface area (Å²) in [5, 5.41) is 16.9. The Morgan fingerprint density at radius 2 is 1.72 bits per heavy atom. The molecule has 1 unspecified atom stereocenters. The molecule has 0 aliphatic rings. The molecule has 2 rings (SSSR count). The minimum absolute atomic E-state index is 0.0852. The lowest BCUT2D eigenvalue weighted by Crippen LogP contribution is -2.44. The Hall–Kier alpha value is -2.62. The summed E-state index contributed by atoms with van der Waals surface area (Å²) < 4.78 is 16.5. The molecule has 0 aliphatic carbocycles. The monoisotopic (exact) mass is 547 g/mol. The molecule has 9 nitrogen and oxygen atoms in total. The summed E-state index contributed by atoms with van der Waals surface area (Å²) in [7, 11) is 3.29. The molecule has 220 valence electrons. The highest BCUT2D eigenvalue weighted by Gasteiger charge is 2.26. The van der Waals surface area contributed by atoms with Gasteiger partial charge in [-0.3, -0.25) is 9.59 Å². The molecule has 39 heavy (non-hydrogen) atoms. The summed E-state index contributed by atoms with van der Waals surface area (Å²) in [6.45, 7) is 9.65. The van der Waals surface area contributed by atoms with Gasteiger partial charge in [0.1, 0.15) is 11.4 Å². The zero-order chi connectivity index (χ0) is 28.9. The maximum absolute atomic E-state index is 12.1. The minimum atomic E-state index is -0.878. The Balaban J connectivity index is 1.98. The molecule has 0 spiro atoms. The van der Waals surface area contributed by atoms with Crippen molar-refractivity contribution in [3.05, 3.63) is 44.2 Å². The van der Waals surface area contributed by atoms with Crippen LogP contribution in [0, 0.1) is 11.8 Å². The van der Waals surface area contributed by atoms with Crippen LogP contribution >= 0.6 is 0 Å². The third-order valence-electron chi connectivity index (χ3n) is 7.27. The number of anilines is 2. The predicted octanol–water partition coefficient (Wildman–Crippen LogP) is 3.70. The second-order valence-corrected chi connectivity index (χ2v) is 10.8. The summed E-state index contributed by atoms with van der Waals surface area (Å²) >= 11 is 0. The van der Waals surface area contributed by atoms with Crippen LogP contribution < -0.4 is 36.7 Å². The van der Waals surface area contributed by atoms with Crippen LogP contribution in [0.3, 0.4) is 0 Å². The number of benzene rings is 1. The Bertz CT molecular complexity index is 1070. The van der Waals surface area contributed by atoms with E-state index in [-0.39, 0.29) is 24.2 Å². The van der Waals surface area contributed by atoms with E-state index in [1.165, 1.54) is 0 Å². The number of rotatable bonds is 20. The molecule has 0 saturated carbocycles. The van der Waals surface area contributed by atoms with Crippen LogP contribution in [-0.4, -0.2) is 57.3 Å². The number of unbranched alkanes of at least 4 members (excludes halogenated alkanes) is 1. The Morgan fingerprint density at radius 1 is 1.00 bits per heavy atom. The van der Waals surface area contributed by atoms with Gasteiger partial charge in [-0.05, 0) is 55.7 Å². The summed E-state index contributed by atoms with van der Waals surface area (Å²) in [5.74, 6) is 1.93. The quantitative estimate of drug-likeness (QED) is 0.145. The lowest BCUT2D eigenvalue weighted by atomic mass is 9.83. The molecular weight excluding hydrogens is 498 g/mol. The molecule has 0 bridgehead atoms. The van der Waals surface area contributed by atoms with E-state index in [9.17, 15) is 14.7 Å². The highest BCUT2D eigenvalue weighted by molar-refractivity contribution is 5.74. The second kappa shape index (κ2) is 16.5. The van der Waals surface area contributed by atoms with Gasteiger partial charge in [0.25, 0.3) is 10.9 Å². The van der Waals surface area contributed by atoms with Crippen molar-refractivity contribution < 1.29 is 19.3 Å². The van der Waals surface area contributed by atoms with E-state index in [0.29, 0.717) is 42.7 Å². The molecule has 0 saturated heterocycles. The zero-order valence-corrected chi connectivity index (χ0v) is 24.5. The number of nitrogens with two attached hydrogens (primary N) is 1. The van der Waals surface area contributed by atoms with Crippen molar-refractivity contribution in [2.75, 3.05) is 44.6 Å². The molecule has 0 radical (unpaired) electrons. The standard InChI is InChI=1S/C30H49N3O6/c1-7-8-10-20(4)33-28-27(29(35)30(28)36)32-18-24(34)23(31)17-22(19(2)3)15-21-11-12-25(38-6)26(16-21)39-14-9-13-37-5/h11-12,16,19-20,22-24,32-34H,7-10,13-15,17-18,31H2,1-6H3/t20?,22-,23-,24-/m0/s1. The molecule has 0 heterocycles. The third kappa shape index (κ3) is 9.81. The van der Waals surface area contributed by atoms with Crippen LogP contribution in [-0.2, 0) is 11.2 Å². The number of aliphatic hydroxyl groups excluding tert-OH is 1. The van der Waals surface area contributed by atoms with Gasteiger partial charge < -0.3 is 35.7 Å². The smallest absolute Gasteiger partial charge is 0.253 e. The molecule has 9 heteroatoms. The average Bonchev–Trinajstić information content (AvgIpc) is 2.92. The van der Waals surface area contributed by atoms with Crippen molar-refractivity contribution in [2.45, 2.75) is 84.4 Å².